The van der Waals surface area contributed by atoms with E-state index in [0.29, 0.717) is 11.6 Å². The van der Waals surface area contributed by atoms with Crippen LogP contribution in [0.4, 0.5) is 0 Å². The number of nitrogens with zero attached hydrogens (tertiary/aromatic N) is 1. The van der Waals surface area contributed by atoms with Gasteiger partial charge in [-0.05, 0) is 25.5 Å². The molecule has 1 aromatic heterocycles. The van der Waals surface area contributed by atoms with Crippen molar-refractivity contribution < 1.29 is 9.21 Å². The molecule has 1 aliphatic heterocycles. The van der Waals surface area contributed by atoms with Crippen LogP contribution in [0, 0.1) is 0 Å². The van der Waals surface area contributed by atoms with Crippen LogP contribution in [0.25, 0.3) is 0 Å². The number of carbonyl (C=O) groups is 1. The van der Waals surface area contributed by atoms with E-state index in [9.17, 15) is 4.79 Å². The van der Waals surface area contributed by atoms with E-state index in [0.717, 1.165) is 19.5 Å². The van der Waals surface area contributed by atoms with Crippen molar-refractivity contribution in [3.05, 3.63) is 24.2 Å². The van der Waals surface area contributed by atoms with Gasteiger partial charge in [0.2, 0.25) is 0 Å². The van der Waals surface area contributed by atoms with Crippen LogP contribution < -0.4 is 5.32 Å². The molecule has 2 heterocycles. The molecule has 0 bridgehead atoms. The lowest BCUT2D eigenvalue weighted by molar-refractivity contribution is 0.0774. The molecule has 1 aliphatic rings. The predicted octanol–water partition coefficient (Wildman–Crippen LogP) is 1.49. The van der Waals surface area contributed by atoms with E-state index >= 15 is 0 Å². The first-order valence-corrected chi connectivity index (χ1v) is 5.78. The topological polar surface area (TPSA) is 45.5 Å². The van der Waals surface area contributed by atoms with Crippen LogP contribution in [0.3, 0.4) is 0 Å². The number of furan rings is 1. The van der Waals surface area contributed by atoms with Crippen molar-refractivity contribution in [1.29, 1.82) is 0 Å². The van der Waals surface area contributed by atoms with Crippen molar-refractivity contribution >= 4 is 5.91 Å². The Morgan fingerprint density at radius 2 is 2.50 bits per heavy atom. The molecule has 88 valence electrons. The normalized spacial score (nSPS) is 20.7. The third-order valence-corrected chi connectivity index (χ3v) is 3.02. The Kier molecular flexibility index (Phi) is 3.62. The second-order valence-electron chi connectivity index (χ2n) is 4.34. The smallest absolute Gasteiger partial charge is 0.256 e. The van der Waals surface area contributed by atoms with E-state index < -0.39 is 0 Å². The van der Waals surface area contributed by atoms with Crippen molar-refractivity contribution in [2.75, 3.05) is 20.1 Å². The maximum atomic E-state index is 11.9. The van der Waals surface area contributed by atoms with Crippen molar-refractivity contribution in [3.8, 4) is 0 Å². The van der Waals surface area contributed by atoms with Gasteiger partial charge in [-0.2, -0.15) is 0 Å². The molecule has 1 unspecified atom stereocenters. The quantitative estimate of drug-likeness (QED) is 0.842. The van der Waals surface area contributed by atoms with Gasteiger partial charge < -0.3 is 14.6 Å². The average Bonchev–Trinajstić information content (AvgIpc) is 2.83. The van der Waals surface area contributed by atoms with Gasteiger partial charge in [0.1, 0.15) is 6.26 Å². The largest absolute Gasteiger partial charge is 0.472 e. The molecule has 1 fully saturated rings. The van der Waals surface area contributed by atoms with Crippen molar-refractivity contribution in [3.63, 3.8) is 0 Å². The van der Waals surface area contributed by atoms with Gasteiger partial charge in [0, 0.05) is 19.6 Å². The van der Waals surface area contributed by atoms with E-state index in [4.69, 9.17) is 4.42 Å². The Hall–Kier alpha value is -1.29. The molecular formula is C12H18N2O2. The predicted molar refractivity (Wildman–Crippen MR) is 61.3 cm³/mol. The van der Waals surface area contributed by atoms with Crippen LogP contribution in [0.15, 0.2) is 23.0 Å². The number of carbonyl (C=O) groups excluding carboxylic acids is 1. The fourth-order valence-electron chi connectivity index (χ4n) is 2.10. The molecule has 4 heteroatoms. The minimum absolute atomic E-state index is 0.0288. The SMILES string of the molecule is CN(CC1CCCCN1)C(=O)c1ccoc1. The van der Waals surface area contributed by atoms with Gasteiger partial charge in [-0.3, -0.25) is 4.79 Å². The minimum Gasteiger partial charge on any atom is -0.472 e. The molecule has 0 spiro atoms. The summed E-state index contributed by atoms with van der Waals surface area (Å²) in [5.74, 6) is 0.0288. The highest BCUT2D eigenvalue weighted by Gasteiger charge is 2.18. The second kappa shape index (κ2) is 5.16. The number of likely N-dealkylation sites (N-methyl/N-ethyl adjacent to an activating group) is 1. The summed E-state index contributed by atoms with van der Waals surface area (Å²) >= 11 is 0. The number of amides is 1. The summed E-state index contributed by atoms with van der Waals surface area (Å²) in [5, 5.41) is 3.43. The lowest BCUT2D eigenvalue weighted by Crippen LogP contribution is -2.44. The summed E-state index contributed by atoms with van der Waals surface area (Å²) in [7, 11) is 1.84. The second-order valence-corrected chi connectivity index (χ2v) is 4.34. The van der Waals surface area contributed by atoms with E-state index in [1.807, 2.05) is 7.05 Å². The van der Waals surface area contributed by atoms with Gasteiger partial charge in [-0.1, -0.05) is 6.42 Å². The molecule has 1 N–H and O–H groups in total. The van der Waals surface area contributed by atoms with Gasteiger partial charge in [0.15, 0.2) is 0 Å². The Balaban J connectivity index is 1.87. The van der Waals surface area contributed by atoms with E-state index in [1.165, 1.54) is 25.4 Å². The molecule has 0 aromatic carbocycles. The minimum atomic E-state index is 0.0288. The number of rotatable bonds is 3. The van der Waals surface area contributed by atoms with Crippen molar-refractivity contribution in [1.82, 2.24) is 10.2 Å². The Morgan fingerprint density at radius 1 is 1.62 bits per heavy atom. The average molecular weight is 222 g/mol. The number of hydrogen-bond acceptors (Lipinski definition) is 3. The third kappa shape index (κ3) is 2.64. The highest BCUT2D eigenvalue weighted by molar-refractivity contribution is 5.93. The van der Waals surface area contributed by atoms with Gasteiger partial charge in [0.25, 0.3) is 5.91 Å². The summed E-state index contributed by atoms with van der Waals surface area (Å²) in [6, 6.07) is 2.14. The molecule has 16 heavy (non-hydrogen) atoms. The van der Waals surface area contributed by atoms with Crippen LogP contribution in [0.5, 0.6) is 0 Å². The lowest BCUT2D eigenvalue weighted by Gasteiger charge is -2.28. The summed E-state index contributed by atoms with van der Waals surface area (Å²) in [6.45, 7) is 1.84. The molecule has 2 rings (SSSR count). The van der Waals surface area contributed by atoms with Crippen LogP contribution in [-0.2, 0) is 0 Å². The molecule has 0 saturated carbocycles. The Labute approximate surface area is 95.6 Å². The highest BCUT2D eigenvalue weighted by Crippen LogP contribution is 2.10. The van der Waals surface area contributed by atoms with Crippen LogP contribution in [0.2, 0.25) is 0 Å². The Morgan fingerprint density at radius 3 is 3.12 bits per heavy atom. The molecule has 0 aliphatic carbocycles. The van der Waals surface area contributed by atoms with Crippen molar-refractivity contribution in [2.45, 2.75) is 25.3 Å². The van der Waals surface area contributed by atoms with Crippen molar-refractivity contribution in [2.24, 2.45) is 0 Å². The molecular weight excluding hydrogens is 204 g/mol. The molecule has 1 atom stereocenters. The van der Waals surface area contributed by atoms with Gasteiger partial charge in [-0.15, -0.1) is 0 Å². The van der Waals surface area contributed by atoms with Crippen LogP contribution in [0.1, 0.15) is 29.6 Å². The number of nitrogens with one attached hydrogen (secondary N) is 1. The van der Waals surface area contributed by atoms with E-state index in [-0.39, 0.29) is 5.91 Å². The van der Waals surface area contributed by atoms with Crippen LogP contribution in [-0.4, -0.2) is 37.0 Å². The van der Waals surface area contributed by atoms with Gasteiger partial charge >= 0.3 is 0 Å². The first-order valence-electron chi connectivity index (χ1n) is 5.78. The summed E-state index contributed by atoms with van der Waals surface area (Å²) in [5.41, 5.74) is 0.623. The first kappa shape index (κ1) is 11.2. The molecule has 1 amide bonds. The molecule has 1 aromatic rings. The maximum absolute atomic E-state index is 11.9. The van der Waals surface area contributed by atoms with Gasteiger partial charge in [0.05, 0.1) is 11.8 Å². The Bertz CT molecular complexity index is 329. The fourth-order valence-corrected chi connectivity index (χ4v) is 2.10. The molecule has 0 radical (unpaired) electrons. The summed E-state index contributed by atoms with van der Waals surface area (Å²) < 4.78 is 4.91. The monoisotopic (exact) mass is 222 g/mol. The number of piperidine rings is 1. The van der Waals surface area contributed by atoms with E-state index in [1.54, 1.807) is 11.0 Å². The maximum Gasteiger partial charge on any atom is 0.256 e. The lowest BCUT2D eigenvalue weighted by atomic mass is 10.0. The van der Waals surface area contributed by atoms with Crippen LogP contribution >= 0.6 is 0 Å². The molecule has 1 saturated heterocycles. The summed E-state index contributed by atoms with van der Waals surface area (Å²) in [6.07, 6.45) is 6.68. The fraction of sp³-hybridized carbons (Fsp3) is 0.583. The standard InChI is InChI=1S/C12H18N2O2/c1-14(8-11-4-2-3-6-13-11)12(15)10-5-7-16-9-10/h5,7,9,11,13H,2-4,6,8H2,1H3. The number of hydrogen-bond donors (Lipinski definition) is 1. The zero-order valence-corrected chi connectivity index (χ0v) is 9.61. The zero-order valence-electron chi connectivity index (χ0n) is 9.61. The first-order chi connectivity index (χ1) is 7.77. The highest BCUT2D eigenvalue weighted by atomic mass is 16.3. The zero-order chi connectivity index (χ0) is 11.4. The van der Waals surface area contributed by atoms with E-state index in [2.05, 4.69) is 5.32 Å². The third-order valence-electron chi connectivity index (χ3n) is 3.02. The molecule has 4 nitrogen and oxygen atoms in total. The summed E-state index contributed by atoms with van der Waals surface area (Å²) in [4.78, 5) is 13.7. The van der Waals surface area contributed by atoms with Gasteiger partial charge in [-0.25, -0.2) is 0 Å².